The summed E-state index contributed by atoms with van der Waals surface area (Å²) in [5.74, 6) is 0.420. The van der Waals surface area contributed by atoms with Crippen molar-refractivity contribution >= 4 is 78.6 Å². The van der Waals surface area contributed by atoms with Gasteiger partial charge in [0.15, 0.2) is 0 Å². The molecule has 1 aromatic heterocycles. The third-order valence-electron chi connectivity index (χ3n) is 2.54. The van der Waals surface area contributed by atoms with E-state index in [1.54, 1.807) is 24.4 Å². The van der Waals surface area contributed by atoms with Gasteiger partial charge in [0.05, 0.1) is 4.47 Å². The third kappa shape index (κ3) is 4.67. The number of rotatable bonds is 5. The quantitative estimate of drug-likeness (QED) is 0.542. The highest BCUT2D eigenvalue weighted by Crippen LogP contribution is 2.44. The first-order valence-corrected chi connectivity index (χ1v) is 11.2. The van der Waals surface area contributed by atoms with Crippen LogP contribution in [-0.4, -0.2) is 11.5 Å². The van der Waals surface area contributed by atoms with E-state index in [-0.39, 0.29) is 0 Å². The summed E-state index contributed by atoms with van der Waals surface area (Å²) < 4.78 is 7.60. The predicted octanol–water partition coefficient (Wildman–Crippen LogP) is 5.54. The van der Waals surface area contributed by atoms with Crippen LogP contribution in [0.2, 0.25) is 10.0 Å². The van der Waals surface area contributed by atoms with Gasteiger partial charge in [0.1, 0.15) is 0 Å². The van der Waals surface area contributed by atoms with Gasteiger partial charge in [0.25, 0.3) is 0 Å². The molecule has 22 heavy (non-hydrogen) atoms. The number of nitrogens with zero attached hydrogens (tertiary/aromatic N) is 1. The topological polar surface area (TPSA) is 34.1 Å². The maximum absolute atomic E-state index is 6.08. The van der Waals surface area contributed by atoms with Crippen molar-refractivity contribution in [2.45, 2.75) is 6.92 Å². The van der Waals surface area contributed by atoms with Crippen LogP contribution in [0.25, 0.3) is 0 Å². The molecule has 1 aromatic carbocycles. The summed E-state index contributed by atoms with van der Waals surface area (Å²) in [5.41, 5.74) is 0. The van der Waals surface area contributed by atoms with Crippen molar-refractivity contribution in [2.24, 2.45) is 0 Å². The number of benzene rings is 1. The monoisotopic (exact) mass is 502 g/mol. The normalized spacial score (nSPS) is 13.7. The largest absolute Gasteiger partial charge is 0.431 e. The summed E-state index contributed by atoms with van der Waals surface area (Å²) in [7, 11) is 0. The highest BCUT2D eigenvalue weighted by atomic mass is 79.9. The average Bonchev–Trinajstić information content (AvgIpc) is 2.41. The second kappa shape index (κ2) is 7.93. The van der Waals surface area contributed by atoms with E-state index in [1.807, 2.05) is 13.0 Å². The van der Waals surface area contributed by atoms with Gasteiger partial charge in [-0.05, 0) is 74.5 Å². The maximum atomic E-state index is 6.08. The van der Waals surface area contributed by atoms with E-state index in [0.29, 0.717) is 26.9 Å². The fraction of sp³-hybridized carbons (Fsp3) is 0.154. The molecule has 0 aliphatic rings. The van der Waals surface area contributed by atoms with Gasteiger partial charge in [-0.2, -0.15) is 0 Å². The molecular formula is C13H11Br2Cl2N2OPS. The zero-order valence-corrected chi connectivity index (χ0v) is 17.7. The first-order valence-electron chi connectivity index (χ1n) is 6.16. The van der Waals surface area contributed by atoms with Gasteiger partial charge >= 0.3 is 0 Å². The Kier molecular flexibility index (Phi) is 6.72. The van der Waals surface area contributed by atoms with Crippen LogP contribution in [0.1, 0.15) is 6.92 Å². The number of pyridine rings is 1. The molecule has 0 fully saturated rings. The molecule has 2 aromatic rings. The van der Waals surface area contributed by atoms with Crippen LogP contribution in [0.3, 0.4) is 0 Å². The van der Waals surface area contributed by atoms with Crippen LogP contribution >= 0.6 is 61.5 Å². The average molecular weight is 505 g/mol. The predicted molar refractivity (Wildman–Crippen MR) is 104 cm³/mol. The van der Waals surface area contributed by atoms with Crippen molar-refractivity contribution in [1.82, 2.24) is 10.1 Å². The van der Waals surface area contributed by atoms with Gasteiger partial charge in [-0.3, -0.25) is 5.09 Å². The Morgan fingerprint density at radius 2 is 1.86 bits per heavy atom. The first-order chi connectivity index (χ1) is 10.3. The second-order valence-electron chi connectivity index (χ2n) is 4.22. The van der Waals surface area contributed by atoms with Crippen LogP contribution in [-0.2, 0) is 11.8 Å². The molecule has 1 N–H and O–H groups in total. The minimum absolute atomic E-state index is 0.420. The van der Waals surface area contributed by atoms with Crippen LogP contribution in [0.15, 0.2) is 39.4 Å². The molecule has 0 aliphatic carbocycles. The zero-order chi connectivity index (χ0) is 16.3. The molecule has 1 unspecified atom stereocenters. The van der Waals surface area contributed by atoms with Crippen LogP contribution < -0.4 is 14.9 Å². The molecular weight excluding hydrogens is 494 g/mol. The second-order valence-corrected chi connectivity index (χ2v) is 10.5. The first kappa shape index (κ1) is 18.7. The Balaban J connectivity index is 2.45. The van der Waals surface area contributed by atoms with Gasteiger partial charge in [0.2, 0.25) is 12.3 Å². The molecule has 0 spiro atoms. The molecule has 2 rings (SSSR count). The molecule has 9 heteroatoms. The lowest BCUT2D eigenvalue weighted by molar-refractivity contribution is 0.576. The molecule has 0 radical (unpaired) electrons. The number of nitrogens with one attached hydrogen (secondary N) is 1. The van der Waals surface area contributed by atoms with E-state index in [0.717, 1.165) is 9.78 Å². The van der Waals surface area contributed by atoms with E-state index in [1.165, 1.54) is 0 Å². The highest BCUT2D eigenvalue weighted by molar-refractivity contribution is 9.11. The number of aromatic nitrogens is 1. The zero-order valence-electron chi connectivity index (χ0n) is 11.3. The van der Waals surface area contributed by atoms with Crippen molar-refractivity contribution in [1.29, 1.82) is 0 Å². The molecule has 0 amide bonds. The molecule has 1 atom stereocenters. The summed E-state index contributed by atoms with van der Waals surface area (Å²) >= 11 is 24.7. The minimum Gasteiger partial charge on any atom is -0.431 e. The van der Waals surface area contributed by atoms with E-state index in [4.69, 9.17) is 39.5 Å². The summed E-state index contributed by atoms with van der Waals surface area (Å²) in [6, 6.07) is 7.04. The Morgan fingerprint density at radius 1 is 1.23 bits per heavy atom. The van der Waals surface area contributed by atoms with Crippen LogP contribution in [0.5, 0.6) is 5.88 Å². The molecule has 0 saturated heterocycles. The van der Waals surface area contributed by atoms with Gasteiger partial charge in [-0.1, -0.05) is 30.1 Å². The summed E-state index contributed by atoms with van der Waals surface area (Å²) in [6.45, 7) is 2.61. The SMILES string of the molecule is CCNP(=S)(Oc1ncc(Br)cc1Br)c1cc(Cl)cc(Cl)c1. The fourth-order valence-corrected chi connectivity index (χ4v) is 6.25. The van der Waals surface area contributed by atoms with Crippen LogP contribution in [0.4, 0.5) is 0 Å². The maximum Gasteiger partial charge on any atom is 0.232 e. The summed E-state index contributed by atoms with van der Waals surface area (Å²) in [5, 5.41) is 5.01. The van der Waals surface area contributed by atoms with Gasteiger partial charge < -0.3 is 4.52 Å². The lowest BCUT2D eigenvalue weighted by Gasteiger charge is -2.24. The van der Waals surface area contributed by atoms with Gasteiger partial charge in [-0.15, -0.1) is 0 Å². The van der Waals surface area contributed by atoms with Crippen molar-refractivity contribution in [2.75, 3.05) is 6.54 Å². The molecule has 0 bridgehead atoms. The van der Waals surface area contributed by atoms with Crippen molar-refractivity contribution < 1.29 is 4.52 Å². The van der Waals surface area contributed by atoms with Crippen molar-refractivity contribution in [3.63, 3.8) is 0 Å². The van der Waals surface area contributed by atoms with E-state index >= 15 is 0 Å². The Labute approximate surface area is 161 Å². The van der Waals surface area contributed by atoms with Gasteiger partial charge in [0, 0.05) is 26.0 Å². The van der Waals surface area contributed by atoms with Gasteiger partial charge in [-0.25, -0.2) is 4.98 Å². The Hall–Kier alpha value is 0.320. The Morgan fingerprint density at radius 3 is 2.41 bits per heavy atom. The van der Waals surface area contributed by atoms with Crippen molar-refractivity contribution in [3.8, 4) is 5.88 Å². The molecule has 0 saturated carbocycles. The number of hydrogen-bond donors (Lipinski definition) is 1. The molecule has 1 heterocycles. The highest BCUT2D eigenvalue weighted by Gasteiger charge is 2.24. The van der Waals surface area contributed by atoms with E-state index < -0.39 is 6.42 Å². The standard InChI is InChI=1S/C13H11Br2Cl2N2OPS/c1-2-19-21(22,11-5-9(16)4-10(17)6-11)20-13-12(15)3-8(14)7-18-13/h3-7H,2H2,1H3,(H,19,22). The fourth-order valence-electron chi connectivity index (χ4n) is 1.68. The molecule has 118 valence electrons. The lowest BCUT2D eigenvalue weighted by Crippen LogP contribution is -2.23. The third-order valence-corrected chi connectivity index (χ3v) is 7.32. The summed E-state index contributed by atoms with van der Waals surface area (Å²) in [4.78, 5) is 4.25. The molecule has 3 nitrogen and oxygen atoms in total. The lowest BCUT2D eigenvalue weighted by atomic mass is 10.4. The minimum atomic E-state index is -2.58. The summed E-state index contributed by atoms with van der Waals surface area (Å²) in [6.07, 6.45) is -0.933. The number of halogens is 4. The van der Waals surface area contributed by atoms with Crippen LogP contribution in [0, 0.1) is 0 Å². The number of hydrogen-bond acceptors (Lipinski definition) is 3. The molecule has 0 aliphatic heterocycles. The smallest absolute Gasteiger partial charge is 0.232 e. The van der Waals surface area contributed by atoms with E-state index in [9.17, 15) is 0 Å². The van der Waals surface area contributed by atoms with Crippen molar-refractivity contribution in [3.05, 3.63) is 49.5 Å². The van der Waals surface area contributed by atoms with E-state index in [2.05, 4.69) is 41.9 Å². The Bertz CT molecular complexity index is 728.